The van der Waals surface area contributed by atoms with Crippen molar-refractivity contribution in [2.75, 3.05) is 5.73 Å². The molecular formula is C13H16N2. The van der Waals surface area contributed by atoms with Crippen LogP contribution in [0.5, 0.6) is 0 Å². The molecule has 0 fully saturated rings. The second-order valence-corrected chi connectivity index (χ2v) is 4.44. The lowest BCUT2D eigenvalue weighted by Gasteiger charge is -2.12. The van der Waals surface area contributed by atoms with Crippen LogP contribution in [0.25, 0.3) is 5.52 Å². The number of nitrogens with zero attached hydrogens (tertiary/aromatic N) is 1. The lowest BCUT2D eigenvalue weighted by atomic mass is 9.95. The van der Waals surface area contributed by atoms with Gasteiger partial charge in [0.2, 0.25) is 0 Å². The van der Waals surface area contributed by atoms with Crippen molar-refractivity contribution in [1.29, 1.82) is 0 Å². The third kappa shape index (κ3) is 1.11. The van der Waals surface area contributed by atoms with E-state index in [2.05, 4.69) is 17.5 Å². The SMILES string of the molecule is Cc1c2c(n3cccc(N)c13)CCCC2. The van der Waals surface area contributed by atoms with Crippen molar-refractivity contribution in [2.45, 2.75) is 32.6 Å². The van der Waals surface area contributed by atoms with Gasteiger partial charge in [0.15, 0.2) is 0 Å². The smallest absolute Gasteiger partial charge is 0.0716 e. The van der Waals surface area contributed by atoms with Crippen molar-refractivity contribution < 1.29 is 0 Å². The van der Waals surface area contributed by atoms with E-state index in [9.17, 15) is 0 Å². The van der Waals surface area contributed by atoms with E-state index in [1.807, 2.05) is 12.1 Å². The van der Waals surface area contributed by atoms with Gasteiger partial charge in [0.05, 0.1) is 11.2 Å². The Morgan fingerprint density at radius 3 is 2.93 bits per heavy atom. The van der Waals surface area contributed by atoms with Gasteiger partial charge in [0.25, 0.3) is 0 Å². The number of aryl methyl sites for hydroxylation is 2. The highest BCUT2D eigenvalue weighted by Crippen LogP contribution is 2.31. The number of aromatic nitrogens is 1. The van der Waals surface area contributed by atoms with E-state index < -0.39 is 0 Å². The van der Waals surface area contributed by atoms with Crippen LogP contribution in [-0.2, 0) is 12.8 Å². The summed E-state index contributed by atoms with van der Waals surface area (Å²) in [5.74, 6) is 0. The molecule has 2 heterocycles. The molecule has 0 saturated carbocycles. The van der Waals surface area contributed by atoms with E-state index in [0.29, 0.717) is 0 Å². The first-order valence-corrected chi connectivity index (χ1v) is 5.66. The lowest BCUT2D eigenvalue weighted by Crippen LogP contribution is -2.03. The van der Waals surface area contributed by atoms with Crippen molar-refractivity contribution >= 4 is 11.2 Å². The van der Waals surface area contributed by atoms with Crippen LogP contribution in [0.15, 0.2) is 18.3 Å². The normalized spacial score (nSPS) is 15.5. The molecule has 0 radical (unpaired) electrons. The molecule has 15 heavy (non-hydrogen) atoms. The topological polar surface area (TPSA) is 30.4 Å². The van der Waals surface area contributed by atoms with Crippen LogP contribution < -0.4 is 5.73 Å². The van der Waals surface area contributed by atoms with Gasteiger partial charge >= 0.3 is 0 Å². The molecule has 0 aliphatic heterocycles. The zero-order chi connectivity index (χ0) is 10.4. The van der Waals surface area contributed by atoms with Crippen molar-refractivity contribution in [2.24, 2.45) is 0 Å². The summed E-state index contributed by atoms with van der Waals surface area (Å²) < 4.78 is 2.29. The number of fused-ring (bicyclic) bond motifs is 3. The van der Waals surface area contributed by atoms with E-state index in [-0.39, 0.29) is 0 Å². The molecule has 0 amide bonds. The predicted octanol–water partition coefficient (Wildman–Crippen LogP) is 2.71. The van der Waals surface area contributed by atoms with Crippen LogP contribution in [-0.4, -0.2) is 4.40 Å². The summed E-state index contributed by atoms with van der Waals surface area (Å²) in [6.07, 6.45) is 7.21. The minimum atomic E-state index is 0.907. The van der Waals surface area contributed by atoms with E-state index in [1.54, 1.807) is 5.56 Å². The predicted molar refractivity (Wildman–Crippen MR) is 63.2 cm³/mol. The second-order valence-electron chi connectivity index (χ2n) is 4.44. The monoisotopic (exact) mass is 200 g/mol. The molecule has 0 unspecified atom stereocenters. The molecule has 3 rings (SSSR count). The summed E-state index contributed by atoms with van der Waals surface area (Å²) in [4.78, 5) is 0. The molecule has 1 aliphatic carbocycles. The maximum Gasteiger partial charge on any atom is 0.0716 e. The van der Waals surface area contributed by atoms with Crippen LogP contribution in [0.2, 0.25) is 0 Å². The maximum absolute atomic E-state index is 6.05. The van der Waals surface area contributed by atoms with Gasteiger partial charge in [-0.25, -0.2) is 0 Å². The Balaban J connectivity index is 2.44. The molecule has 2 nitrogen and oxygen atoms in total. The zero-order valence-electron chi connectivity index (χ0n) is 9.09. The minimum Gasteiger partial charge on any atom is -0.397 e. The summed E-state index contributed by atoms with van der Waals surface area (Å²) in [6, 6.07) is 4.03. The van der Waals surface area contributed by atoms with Gasteiger partial charge in [-0.05, 0) is 55.9 Å². The summed E-state index contributed by atoms with van der Waals surface area (Å²) >= 11 is 0. The highest BCUT2D eigenvalue weighted by molar-refractivity contribution is 5.76. The Morgan fingerprint density at radius 1 is 1.27 bits per heavy atom. The van der Waals surface area contributed by atoms with Crippen LogP contribution in [0.1, 0.15) is 29.7 Å². The number of rotatable bonds is 0. The first-order valence-electron chi connectivity index (χ1n) is 5.66. The molecule has 0 aromatic carbocycles. The van der Waals surface area contributed by atoms with Gasteiger partial charge in [-0.1, -0.05) is 0 Å². The molecule has 0 spiro atoms. The number of hydrogen-bond acceptors (Lipinski definition) is 1. The first kappa shape index (κ1) is 8.84. The van der Waals surface area contributed by atoms with Gasteiger partial charge in [-0.2, -0.15) is 0 Å². The van der Waals surface area contributed by atoms with Crippen molar-refractivity contribution in [3.63, 3.8) is 0 Å². The Kier molecular flexibility index (Phi) is 1.78. The maximum atomic E-state index is 6.05. The van der Waals surface area contributed by atoms with E-state index in [0.717, 1.165) is 5.69 Å². The molecule has 0 bridgehead atoms. The molecule has 2 aromatic heterocycles. The number of hydrogen-bond donors (Lipinski definition) is 1. The van der Waals surface area contributed by atoms with Crippen molar-refractivity contribution in [3.05, 3.63) is 35.2 Å². The van der Waals surface area contributed by atoms with Crippen LogP contribution in [0.3, 0.4) is 0 Å². The summed E-state index contributed by atoms with van der Waals surface area (Å²) in [5.41, 5.74) is 12.6. The molecule has 2 aromatic rings. The average molecular weight is 200 g/mol. The van der Waals surface area contributed by atoms with E-state index in [4.69, 9.17) is 5.73 Å². The number of nitrogens with two attached hydrogens (primary N) is 1. The lowest BCUT2D eigenvalue weighted by molar-refractivity contribution is 0.667. The van der Waals surface area contributed by atoms with E-state index in [1.165, 1.54) is 42.5 Å². The molecule has 0 atom stereocenters. The minimum absolute atomic E-state index is 0.907. The third-order valence-corrected chi connectivity index (χ3v) is 3.56. The van der Waals surface area contributed by atoms with E-state index >= 15 is 0 Å². The Labute approximate surface area is 89.7 Å². The number of pyridine rings is 1. The number of nitrogen functional groups attached to an aromatic ring is 1. The molecule has 78 valence electrons. The van der Waals surface area contributed by atoms with Gasteiger partial charge < -0.3 is 10.1 Å². The quantitative estimate of drug-likeness (QED) is 0.696. The Morgan fingerprint density at radius 2 is 2.07 bits per heavy atom. The molecule has 2 heteroatoms. The molecule has 0 saturated heterocycles. The van der Waals surface area contributed by atoms with Gasteiger partial charge in [0.1, 0.15) is 0 Å². The average Bonchev–Trinajstić information content (AvgIpc) is 2.55. The first-order chi connectivity index (χ1) is 7.29. The van der Waals surface area contributed by atoms with Crippen LogP contribution in [0, 0.1) is 6.92 Å². The van der Waals surface area contributed by atoms with Gasteiger partial charge in [-0.3, -0.25) is 0 Å². The molecule has 2 N–H and O–H groups in total. The van der Waals surface area contributed by atoms with Gasteiger partial charge in [0, 0.05) is 11.9 Å². The number of anilines is 1. The van der Waals surface area contributed by atoms with Crippen molar-refractivity contribution in [3.8, 4) is 0 Å². The highest BCUT2D eigenvalue weighted by atomic mass is 14.9. The van der Waals surface area contributed by atoms with Crippen molar-refractivity contribution in [1.82, 2.24) is 4.40 Å². The fraction of sp³-hybridized carbons (Fsp3) is 0.385. The summed E-state index contributed by atoms with van der Waals surface area (Å²) in [7, 11) is 0. The zero-order valence-corrected chi connectivity index (χ0v) is 9.09. The summed E-state index contributed by atoms with van der Waals surface area (Å²) in [6.45, 7) is 2.20. The second kappa shape index (κ2) is 3.02. The highest BCUT2D eigenvalue weighted by Gasteiger charge is 2.18. The Hall–Kier alpha value is -1.44. The molecule has 1 aliphatic rings. The molecular weight excluding hydrogens is 184 g/mol. The van der Waals surface area contributed by atoms with Crippen LogP contribution in [0.4, 0.5) is 5.69 Å². The Bertz CT molecular complexity index is 523. The fourth-order valence-electron chi connectivity index (χ4n) is 2.85. The standard InChI is InChI=1S/C13H16N2/c1-9-10-5-2-3-7-12(10)15-8-4-6-11(14)13(9)15/h4,6,8H,2-3,5,7,14H2,1H3. The third-order valence-electron chi connectivity index (χ3n) is 3.56. The fourth-order valence-corrected chi connectivity index (χ4v) is 2.85. The largest absolute Gasteiger partial charge is 0.397 e. The van der Waals surface area contributed by atoms with Gasteiger partial charge in [-0.15, -0.1) is 0 Å². The summed E-state index contributed by atoms with van der Waals surface area (Å²) in [5, 5.41) is 0. The van der Waals surface area contributed by atoms with Crippen LogP contribution >= 0.6 is 0 Å².